The van der Waals surface area contributed by atoms with E-state index in [4.69, 9.17) is 0 Å². The van der Waals surface area contributed by atoms with Crippen LogP contribution in [0.5, 0.6) is 0 Å². The van der Waals surface area contributed by atoms with Gasteiger partial charge in [-0.2, -0.15) is 0 Å². The van der Waals surface area contributed by atoms with E-state index >= 15 is 0 Å². The quantitative estimate of drug-likeness (QED) is 0.886. The van der Waals surface area contributed by atoms with Crippen LogP contribution in [0.3, 0.4) is 0 Å². The third-order valence-corrected chi connectivity index (χ3v) is 4.21. The molecule has 1 heterocycles. The number of hydrogen-bond acceptors (Lipinski definition) is 3. The molecule has 2 N–H and O–H groups in total. The Balaban J connectivity index is 1.56. The molecule has 1 aromatic carbocycles. The van der Waals surface area contributed by atoms with Crippen LogP contribution in [0.15, 0.2) is 24.3 Å². The first-order valence-electron chi connectivity index (χ1n) is 7.52. The van der Waals surface area contributed by atoms with Gasteiger partial charge in [0.15, 0.2) is 0 Å². The second kappa shape index (κ2) is 5.44. The summed E-state index contributed by atoms with van der Waals surface area (Å²) in [6, 6.07) is 10.0. The molecule has 1 amide bonds. The average Bonchev–Trinajstić information content (AvgIpc) is 3.16. The van der Waals surface area contributed by atoms with Crippen LogP contribution in [0.2, 0.25) is 0 Å². The van der Waals surface area contributed by atoms with Gasteiger partial charge in [-0.05, 0) is 50.5 Å². The van der Waals surface area contributed by atoms with Crippen molar-refractivity contribution in [3.8, 4) is 0 Å². The van der Waals surface area contributed by atoms with Crippen LogP contribution in [0.25, 0.3) is 0 Å². The minimum atomic E-state index is -0.0320. The van der Waals surface area contributed by atoms with Crippen molar-refractivity contribution >= 4 is 17.3 Å². The Labute approximate surface area is 120 Å². The third-order valence-electron chi connectivity index (χ3n) is 4.21. The lowest BCUT2D eigenvalue weighted by molar-refractivity contribution is -0.114. The highest BCUT2D eigenvalue weighted by molar-refractivity contribution is 5.88. The van der Waals surface area contributed by atoms with E-state index in [1.807, 2.05) is 24.3 Å². The Hall–Kier alpha value is -1.55. The van der Waals surface area contributed by atoms with Crippen molar-refractivity contribution in [2.24, 2.45) is 0 Å². The Morgan fingerprint density at radius 2 is 1.85 bits per heavy atom. The first-order chi connectivity index (χ1) is 9.61. The van der Waals surface area contributed by atoms with E-state index < -0.39 is 0 Å². The fourth-order valence-corrected chi connectivity index (χ4v) is 3.16. The molecule has 1 saturated heterocycles. The van der Waals surface area contributed by atoms with E-state index in [9.17, 15) is 4.79 Å². The Morgan fingerprint density at radius 3 is 2.45 bits per heavy atom. The van der Waals surface area contributed by atoms with Crippen LogP contribution in [0.4, 0.5) is 11.4 Å². The zero-order valence-corrected chi connectivity index (χ0v) is 12.2. The molecule has 3 rings (SSSR count). The number of anilines is 2. The van der Waals surface area contributed by atoms with Gasteiger partial charge in [0.1, 0.15) is 0 Å². The summed E-state index contributed by atoms with van der Waals surface area (Å²) < 4.78 is 0. The molecule has 2 fully saturated rings. The van der Waals surface area contributed by atoms with Crippen molar-refractivity contribution < 1.29 is 4.79 Å². The normalized spacial score (nSPS) is 26.5. The lowest BCUT2D eigenvalue weighted by Gasteiger charge is -2.20. The van der Waals surface area contributed by atoms with Crippen molar-refractivity contribution in [1.29, 1.82) is 0 Å². The fraction of sp³-hybridized carbons (Fsp3) is 0.562. The first kappa shape index (κ1) is 13.4. The summed E-state index contributed by atoms with van der Waals surface area (Å²) in [6.45, 7) is 5.01. The Morgan fingerprint density at radius 1 is 1.20 bits per heavy atom. The van der Waals surface area contributed by atoms with Crippen LogP contribution in [0, 0.1) is 0 Å². The maximum Gasteiger partial charge on any atom is 0.221 e. The minimum Gasteiger partial charge on any atom is -0.381 e. The molecule has 0 spiro atoms. The van der Waals surface area contributed by atoms with Crippen molar-refractivity contribution in [3.05, 3.63) is 24.3 Å². The molecule has 2 unspecified atom stereocenters. The van der Waals surface area contributed by atoms with E-state index in [1.165, 1.54) is 26.2 Å². The van der Waals surface area contributed by atoms with E-state index in [2.05, 4.69) is 22.5 Å². The summed E-state index contributed by atoms with van der Waals surface area (Å²) in [5.74, 6) is -0.0320. The van der Waals surface area contributed by atoms with Crippen molar-refractivity contribution in [2.75, 3.05) is 17.2 Å². The van der Waals surface area contributed by atoms with Crippen LogP contribution < -0.4 is 10.6 Å². The molecule has 2 atom stereocenters. The van der Waals surface area contributed by atoms with Gasteiger partial charge in [0.2, 0.25) is 5.91 Å². The number of rotatable bonds is 4. The first-order valence-corrected chi connectivity index (χ1v) is 7.52. The Bertz CT molecular complexity index is 481. The number of nitrogens with one attached hydrogen (secondary N) is 2. The number of amides is 1. The summed E-state index contributed by atoms with van der Waals surface area (Å²) in [7, 11) is 0. The van der Waals surface area contributed by atoms with Gasteiger partial charge < -0.3 is 10.6 Å². The molecule has 4 nitrogen and oxygen atoms in total. The third kappa shape index (κ3) is 3.12. The molecule has 0 bridgehead atoms. The fourth-order valence-electron chi connectivity index (χ4n) is 3.16. The number of carbonyl (C=O) groups excluding carboxylic acids is 1. The topological polar surface area (TPSA) is 44.4 Å². The van der Waals surface area contributed by atoms with E-state index in [0.29, 0.717) is 12.1 Å². The van der Waals surface area contributed by atoms with Crippen molar-refractivity contribution in [1.82, 2.24) is 4.90 Å². The van der Waals surface area contributed by atoms with Gasteiger partial charge in [0.05, 0.1) is 0 Å². The smallest absolute Gasteiger partial charge is 0.221 e. The van der Waals surface area contributed by atoms with Gasteiger partial charge in [-0.25, -0.2) is 0 Å². The lowest BCUT2D eigenvalue weighted by atomic mass is 10.2. The second-order valence-corrected chi connectivity index (χ2v) is 6.11. The van der Waals surface area contributed by atoms with E-state index in [0.717, 1.165) is 24.0 Å². The van der Waals surface area contributed by atoms with Crippen LogP contribution in [0.1, 0.15) is 33.1 Å². The summed E-state index contributed by atoms with van der Waals surface area (Å²) in [5, 5.41) is 6.40. The van der Waals surface area contributed by atoms with Crippen molar-refractivity contribution in [2.45, 2.75) is 51.2 Å². The summed E-state index contributed by atoms with van der Waals surface area (Å²) in [6.07, 6.45) is 3.97. The number of hydrogen-bond donors (Lipinski definition) is 2. The zero-order valence-electron chi connectivity index (χ0n) is 12.2. The minimum absolute atomic E-state index is 0.0320. The lowest BCUT2D eigenvalue weighted by Crippen LogP contribution is -2.30. The van der Waals surface area contributed by atoms with E-state index in [1.54, 1.807) is 0 Å². The van der Waals surface area contributed by atoms with Crippen LogP contribution >= 0.6 is 0 Å². The molecule has 1 aromatic rings. The molecule has 4 heteroatoms. The van der Waals surface area contributed by atoms with Gasteiger partial charge in [-0.3, -0.25) is 9.69 Å². The molecule has 1 saturated carbocycles. The van der Waals surface area contributed by atoms with Gasteiger partial charge in [0.25, 0.3) is 0 Å². The number of carbonyl (C=O) groups is 1. The second-order valence-electron chi connectivity index (χ2n) is 6.11. The molecular formula is C16H23N3O. The Kier molecular flexibility index (Phi) is 3.66. The van der Waals surface area contributed by atoms with Gasteiger partial charge in [-0.1, -0.05) is 0 Å². The number of benzene rings is 1. The van der Waals surface area contributed by atoms with E-state index in [-0.39, 0.29) is 5.91 Å². The van der Waals surface area contributed by atoms with Gasteiger partial charge in [-0.15, -0.1) is 0 Å². The number of likely N-dealkylation sites (tertiary alicyclic amines) is 1. The molecule has 2 aliphatic rings. The largest absolute Gasteiger partial charge is 0.381 e. The van der Waals surface area contributed by atoms with Crippen molar-refractivity contribution in [3.63, 3.8) is 0 Å². The molecular weight excluding hydrogens is 250 g/mol. The summed E-state index contributed by atoms with van der Waals surface area (Å²) >= 11 is 0. The standard InChI is InChI=1S/C16H23N3O/c1-11-9-15(10-19(11)16-7-8-16)18-14-5-3-13(4-6-14)17-12(2)20/h3-6,11,15-16,18H,7-10H2,1-2H3,(H,17,20). The predicted octanol–water partition coefficient (Wildman–Crippen LogP) is 2.68. The highest BCUT2D eigenvalue weighted by Crippen LogP contribution is 2.34. The van der Waals surface area contributed by atoms with Gasteiger partial charge in [0, 0.05) is 43.0 Å². The zero-order chi connectivity index (χ0) is 14.1. The monoisotopic (exact) mass is 273 g/mol. The molecule has 1 aliphatic carbocycles. The van der Waals surface area contributed by atoms with Gasteiger partial charge >= 0.3 is 0 Å². The molecule has 1 aliphatic heterocycles. The van der Waals surface area contributed by atoms with Crippen LogP contribution in [-0.4, -0.2) is 35.5 Å². The highest BCUT2D eigenvalue weighted by Gasteiger charge is 2.38. The SMILES string of the molecule is CC(=O)Nc1ccc(NC2CC(C)N(C3CC3)C2)cc1. The average molecular weight is 273 g/mol. The summed E-state index contributed by atoms with van der Waals surface area (Å²) in [5.41, 5.74) is 1.98. The van der Waals surface area contributed by atoms with Crippen LogP contribution in [-0.2, 0) is 4.79 Å². The number of nitrogens with zero attached hydrogens (tertiary/aromatic N) is 1. The molecule has 0 radical (unpaired) electrons. The highest BCUT2D eigenvalue weighted by atomic mass is 16.1. The maximum atomic E-state index is 11.0. The summed E-state index contributed by atoms with van der Waals surface area (Å²) in [4.78, 5) is 13.6. The predicted molar refractivity (Wildman–Crippen MR) is 82.0 cm³/mol. The molecule has 0 aromatic heterocycles. The maximum absolute atomic E-state index is 11.0. The molecule has 108 valence electrons. The molecule has 20 heavy (non-hydrogen) atoms.